The highest BCUT2D eigenvalue weighted by molar-refractivity contribution is 5.55. The molecule has 0 spiro atoms. The molecular weight excluding hydrogens is 324 g/mol. The number of aliphatic hydroxyl groups excluding tert-OH is 1. The van der Waals surface area contributed by atoms with Gasteiger partial charge in [0.15, 0.2) is 0 Å². The Balaban J connectivity index is 1.80. The maximum Gasteiger partial charge on any atom is 0.0702 e. The van der Waals surface area contributed by atoms with E-state index in [1.807, 2.05) is 42.5 Å². The second-order valence-corrected chi connectivity index (χ2v) is 6.51. The van der Waals surface area contributed by atoms with Crippen LogP contribution in [0.5, 0.6) is 0 Å². The Kier molecular flexibility index (Phi) is 3.33. The summed E-state index contributed by atoms with van der Waals surface area (Å²) in [5.41, 5.74) is 4.89. The molecule has 0 unspecified atom stereocenters. The first-order chi connectivity index (χ1) is 12.7. The molecule has 26 heavy (non-hydrogen) atoms. The van der Waals surface area contributed by atoms with Crippen molar-refractivity contribution >= 4 is 24.3 Å². The molecule has 4 aromatic rings. The molecule has 0 radical (unpaired) electrons. The zero-order chi connectivity index (χ0) is 17.5. The van der Waals surface area contributed by atoms with Crippen molar-refractivity contribution in [2.75, 3.05) is 0 Å². The molecule has 1 aliphatic heterocycles. The van der Waals surface area contributed by atoms with E-state index >= 15 is 0 Å². The van der Waals surface area contributed by atoms with E-state index in [0.29, 0.717) is 0 Å². The zero-order valence-corrected chi connectivity index (χ0v) is 14.0. The molecule has 5 heterocycles. The van der Waals surface area contributed by atoms with Crippen LogP contribution in [0.2, 0.25) is 0 Å². The molecule has 0 saturated heterocycles. The molecule has 0 amide bonds. The Hall–Kier alpha value is -3.44. The molecular formula is C21H18N4O. The van der Waals surface area contributed by atoms with E-state index in [9.17, 15) is 5.11 Å². The molecule has 0 atom stereocenters. The van der Waals surface area contributed by atoms with E-state index in [4.69, 9.17) is 0 Å². The lowest BCUT2D eigenvalue weighted by Crippen LogP contribution is -2.12. The summed E-state index contributed by atoms with van der Waals surface area (Å²) in [6.07, 6.45) is 8.20. The Labute approximate surface area is 148 Å². The molecule has 8 bridgehead atoms. The normalized spacial score (nSPS) is 12.7. The highest BCUT2D eigenvalue weighted by Crippen LogP contribution is 2.05. The van der Waals surface area contributed by atoms with Gasteiger partial charge in [-0.3, -0.25) is 0 Å². The van der Waals surface area contributed by atoms with Crippen LogP contribution in [0.1, 0.15) is 28.3 Å². The molecule has 5 rings (SSSR count). The smallest absolute Gasteiger partial charge is 0.0702 e. The van der Waals surface area contributed by atoms with Gasteiger partial charge < -0.3 is 25.0 Å². The predicted octanol–water partition coefficient (Wildman–Crippen LogP) is 0.120. The molecule has 1 aliphatic rings. The molecule has 0 aliphatic carbocycles. The lowest BCUT2D eigenvalue weighted by molar-refractivity contribution is 0.281. The number of H-pyrrole nitrogens is 4. The van der Waals surface area contributed by atoms with Crippen LogP contribution in [0, 0.1) is 0 Å². The molecule has 5 N–H and O–H groups in total. The van der Waals surface area contributed by atoms with Crippen LogP contribution in [-0.4, -0.2) is 25.0 Å². The summed E-state index contributed by atoms with van der Waals surface area (Å²) in [6.45, 7) is -0.00935. The van der Waals surface area contributed by atoms with Crippen molar-refractivity contribution in [1.82, 2.24) is 19.9 Å². The van der Waals surface area contributed by atoms with Crippen LogP contribution in [0.25, 0.3) is 24.3 Å². The van der Waals surface area contributed by atoms with Gasteiger partial charge in [0.1, 0.15) is 0 Å². The molecule has 128 valence electrons. The third-order valence-corrected chi connectivity index (χ3v) is 4.55. The number of nitrogens with one attached hydrogen (secondary N) is 4. The fourth-order valence-corrected chi connectivity index (χ4v) is 3.33. The summed E-state index contributed by atoms with van der Waals surface area (Å²) in [6, 6.07) is 14.3. The van der Waals surface area contributed by atoms with E-state index in [-0.39, 0.29) is 6.61 Å². The minimum atomic E-state index is -0.00935. The Bertz CT molecular complexity index is 1330. The first kappa shape index (κ1) is 14.9. The minimum Gasteiger partial charge on any atom is -0.392 e. The largest absolute Gasteiger partial charge is 0.392 e. The van der Waals surface area contributed by atoms with Crippen LogP contribution < -0.4 is 21.4 Å². The fourth-order valence-electron chi connectivity index (χ4n) is 3.33. The molecule has 4 aromatic heterocycles. The van der Waals surface area contributed by atoms with E-state index < -0.39 is 0 Å². The summed E-state index contributed by atoms with van der Waals surface area (Å²) < 4.78 is 0. The summed E-state index contributed by atoms with van der Waals surface area (Å²) in [7, 11) is 0. The summed E-state index contributed by atoms with van der Waals surface area (Å²) in [5, 5.41) is 13.6. The topological polar surface area (TPSA) is 83.4 Å². The number of rotatable bonds is 1. The van der Waals surface area contributed by atoms with Crippen LogP contribution in [-0.2, 0) is 6.61 Å². The van der Waals surface area contributed by atoms with Crippen molar-refractivity contribution in [3.63, 3.8) is 0 Å². The number of aromatic amines is 4. The number of hydrogen-bond acceptors (Lipinski definition) is 1. The van der Waals surface area contributed by atoms with Crippen molar-refractivity contribution in [1.29, 1.82) is 0 Å². The van der Waals surface area contributed by atoms with Gasteiger partial charge in [-0.25, -0.2) is 0 Å². The highest BCUT2D eigenvalue weighted by Gasteiger charge is 2.01. The number of aliphatic hydroxyl groups is 1. The second kappa shape index (κ2) is 5.82. The van der Waals surface area contributed by atoms with Crippen molar-refractivity contribution in [2.24, 2.45) is 0 Å². The van der Waals surface area contributed by atoms with E-state index in [2.05, 4.69) is 44.2 Å². The maximum absolute atomic E-state index is 9.68. The van der Waals surface area contributed by atoms with Crippen molar-refractivity contribution < 1.29 is 5.11 Å². The molecule has 5 heteroatoms. The first-order valence-electron chi connectivity index (χ1n) is 8.54. The minimum absolute atomic E-state index is 0.00935. The average molecular weight is 342 g/mol. The van der Waals surface area contributed by atoms with Crippen molar-refractivity contribution in [3.05, 3.63) is 92.2 Å². The van der Waals surface area contributed by atoms with Crippen LogP contribution in [0.3, 0.4) is 0 Å². The van der Waals surface area contributed by atoms with Crippen molar-refractivity contribution in [2.45, 2.75) is 6.61 Å². The van der Waals surface area contributed by atoms with Crippen LogP contribution in [0.15, 0.2) is 42.5 Å². The quantitative estimate of drug-likeness (QED) is 0.295. The maximum atomic E-state index is 9.68. The summed E-state index contributed by atoms with van der Waals surface area (Å²) in [5.74, 6) is 0. The zero-order valence-electron chi connectivity index (χ0n) is 14.0. The third kappa shape index (κ3) is 2.74. The average Bonchev–Trinajstić information content (AvgIpc) is 3.39. The SMILES string of the molecule is OCc1cc2[nH]c1=Cc1ccc([nH]1)C=c1ccc([nH]1)=Cc1ccc([nH]1)C=2. The number of aromatic nitrogens is 4. The number of fused-ring (bicyclic) bond motifs is 8. The Morgan fingerprint density at radius 1 is 0.577 bits per heavy atom. The van der Waals surface area contributed by atoms with Gasteiger partial charge >= 0.3 is 0 Å². The molecule has 5 nitrogen and oxygen atoms in total. The lowest BCUT2D eigenvalue weighted by atomic mass is 10.2. The van der Waals surface area contributed by atoms with Gasteiger partial charge in [0.05, 0.1) is 6.61 Å². The Morgan fingerprint density at radius 2 is 1.12 bits per heavy atom. The molecule has 0 aromatic carbocycles. The van der Waals surface area contributed by atoms with Crippen LogP contribution in [0.4, 0.5) is 0 Å². The summed E-state index contributed by atoms with van der Waals surface area (Å²) >= 11 is 0. The highest BCUT2D eigenvalue weighted by atomic mass is 16.3. The van der Waals surface area contributed by atoms with Gasteiger partial charge in [-0.15, -0.1) is 0 Å². The van der Waals surface area contributed by atoms with Gasteiger partial charge in [0.25, 0.3) is 0 Å². The number of hydrogen-bond donors (Lipinski definition) is 5. The van der Waals surface area contributed by atoms with Crippen molar-refractivity contribution in [3.8, 4) is 0 Å². The third-order valence-electron chi connectivity index (χ3n) is 4.55. The standard InChI is InChI=1S/C21H18N4O/c26-12-13-7-20-10-18-4-3-16(23-18)8-14-1-2-15(22-14)9-17-5-6-19(24-17)11-21(13)25-20/h1-11,22-26H,12H2. The lowest BCUT2D eigenvalue weighted by Gasteiger charge is -1.90. The molecule has 0 fully saturated rings. The first-order valence-corrected chi connectivity index (χ1v) is 8.54. The monoisotopic (exact) mass is 342 g/mol. The van der Waals surface area contributed by atoms with Gasteiger partial charge in [0, 0.05) is 49.7 Å². The molecule has 0 saturated carbocycles. The van der Waals surface area contributed by atoms with E-state index in [1.54, 1.807) is 0 Å². The Morgan fingerprint density at radius 3 is 1.69 bits per heavy atom. The summed E-state index contributed by atoms with van der Waals surface area (Å²) in [4.78, 5) is 13.6. The van der Waals surface area contributed by atoms with E-state index in [0.717, 1.165) is 49.7 Å². The van der Waals surface area contributed by atoms with Gasteiger partial charge in [-0.05, 0) is 66.8 Å². The fraction of sp³-hybridized carbons (Fsp3) is 0.0476. The van der Waals surface area contributed by atoms with Gasteiger partial charge in [-0.1, -0.05) is 0 Å². The van der Waals surface area contributed by atoms with Gasteiger partial charge in [0.2, 0.25) is 0 Å². The second-order valence-electron chi connectivity index (χ2n) is 6.51. The predicted molar refractivity (Wildman–Crippen MR) is 102 cm³/mol. The van der Waals surface area contributed by atoms with Gasteiger partial charge in [-0.2, -0.15) is 0 Å². The van der Waals surface area contributed by atoms with Crippen LogP contribution >= 0.6 is 0 Å². The van der Waals surface area contributed by atoms with E-state index in [1.165, 1.54) is 0 Å².